The Morgan fingerprint density at radius 1 is 1.21 bits per heavy atom. The summed E-state index contributed by atoms with van der Waals surface area (Å²) in [6.07, 6.45) is 2.81. The summed E-state index contributed by atoms with van der Waals surface area (Å²) in [5, 5.41) is 12.9. The summed E-state index contributed by atoms with van der Waals surface area (Å²) in [5.74, 6) is 0.356. The number of hydrogen-bond donors (Lipinski definition) is 1. The highest BCUT2D eigenvalue weighted by atomic mass is 32.2. The Balaban J connectivity index is 1.46. The summed E-state index contributed by atoms with van der Waals surface area (Å²) in [7, 11) is 5.37. The first-order valence-corrected chi connectivity index (χ1v) is 12.6. The van der Waals surface area contributed by atoms with Crippen molar-refractivity contribution in [3.8, 4) is 11.4 Å². The van der Waals surface area contributed by atoms with Gasteiger partial charge in [0, 0.05) is 36.8 Å². The summed E-state index contributed by atoms with van der Waals surface area (Å²) in [6, 6.07) is 8.14. The van der Waals surface area contributed by atoms with E-state index < -0.39 is 5.97 Å². The molecule has 0 saturated carbocycles. The molecule has 0 unspecified atom stereocenters. The van der Waals surface area contributed by atoms with Crippen molar-refractivity contribution in [1.82, 2.24) is 14.8 Å². The number of anilines is 2. The second-order valence-electron chi connectivity index (χ2n) is 7.88. The van der Waals surface area contributed by atoms with Crippen molar-refractivity contribution < 1.29 is 14.3 Å². The molecule has 0 fully saturated rings. The zero-order valence-electron chi connectivity index (χ0n) is 19.2. The Bertz CT molecular complexity index is 1170. The number of ether oxygens (including phenoxy) is 1. The van der Waals surface area contributed by atoms with Crippen LogP contribution >= 0.6 is 23.1 Å². The smallest absolute Gasteiger partial charge is 0.341 e. The number of carbonyl (C=O) groups excluding carboxylic acids is 2. The predicted molar refractivity (Wildman–Crippen MR) is 132 cm³/mol. The summed E-state index contributed by atoms with van der Waals surface area (Å²) >= 11 is 2.81. The molecular formula is C23H27N5O3S2. The van der Waals surface area contributed by atoms with E-state index in [1.807, 2.05) is 54.8 Å². The lowest BCUT2D eigenvalue weighted by atomic mass is 10.1. The molecule has 2 heterocycles. The number of benzene rings is 1. The van der Waals surface area contributed by atoms with Gasteiger partial charge in [0.1, 0.15) is 5.00 Å². The molecule has 1 aromatic carbocycles. The zero-order chi connectivity index (χ0) is 23.5. The van der Waals surface area contributed by atoms with E-state index in [2.05, 4.69) is 15.5 Å². The molecule has 1 aliphatic rings. The van der Waals surface area contributed by atoms with Crippen LogP contribution in [0.2, 0.25) is 0 Å². The van der Waals surface area contributed by atoms with Crippen molar-refractivity contribution in [1.29, 1.82) is 0 Å². The molecule has 4 rings (SSSR count). The van der Waals surface area contributed by atoms with Gasteiger partial charge >= 0.3 is 5.97 Å². The van der Waals surface area contributed by atoms with Gasteiger partial charge in [-0.15, -0.1) is 21.5 Å². The fraction of sp³-hybridized carbons (Fsp3) is 0.391. The predicted octanol–water partition coefficient (Wildman–Crippen LogP) is 4.10. The van der Waals surface area contributed by atoms with Crippen molar-refractivity contribution in [2.75, 3.05) is 37.2 Å². The molecule has 10 heteroatoms. The second-order valence-corrected chi connectivity index (χ2v) is 9.93. The third kappa shape index (κ3) is 4.77. The molecule has 0 radical (unpaired) electrons. The summed E-state index contributed by atoms with van der Waals surface area (Å²) in [5.41, 5.74) is 3.61. The third-order valence-corrected chi connectivity index (χ3v) is 7.75. The van der Waals surface area contributed by atoms with E-state index in [0.717, 1.165) is 46.8 Å². The van der Waals surface area contributed by atoms with Gasteiger partial charge in [0.25, 0.3) is 0 Å². The van der Waals surface area contributed by atoms with E-state index in [1.54, 1.807) is 0 Å². The van der Waals surface area contributed by atoms with E-state index in [-0.39, 0.29) is 11.7 Å². The summed E-state index contributed by atoms with van der Waals surface area (Å²) in [4.78, 5) is 28.2. The average molecular weight is 486 g/mol. The van der Waals surface area contributed by atoms with Crippen LogP contribution in [-0.4, -0.2) is 53.6 Å². The lowest BCUT2D eigenvalue weighted by Gasteiger charge is -2.13. The standard InChI is InChI=1S/C23H27N5O3S2/c1-5-28-20(14-9-11-15(12-10-14)27(2)3)25-26-23(28)32-13-18(29)24-21-19(22(30)31-4)16-7-6-8-17(16)33-21/h9-12H,5-8,13H2,1-4H3,(H,24,29). The Labute approximate surface area is 201 Å². The van der Waals surface area contributed by atoms with Crippen LogP contribution in [0.3, 0.4) is 0 Å². The summed E-state index contributed by atoms with van der Waals surface area (Å²) in [6.45, 7) is 2.72. The number of methoxy groups -OCH3 is 1. The molecule has 0 bridgehead atoms. The van der Waals surface area contributed by atoms with Crippen LogP contribution in [0.5, 0.6) is 0 Å². The van der Waals surface area contributed by atoms with Gasteiger partial charge in [0.15, 0.2) is 11.0 Å². The van der Waals surface area contributed by atoms with Crippen LogP contribution in [0.1, 0.15) is 34.1 Å². The van der Waals surface area contributed by atoms with Gasteiger partial charge in [-0.05, 0) is 56.0 Å². The number of fused-ring (bicyclic) bond motifs is 1. The first-order valence-electron chi connectivity index (χ1n) is 10.8. The number of aryl methyl sites for hydroxylation is 1. The van der Waals surface area contributed by atoms with Crippen LogP contribution in [-0.2, 0) is 28.9 Å². The van der Waals surface area contributed by atoms with Crippen LogP contribution in [0.15, 0.2) is 29.4 Å². The number of thiophene rings is 1. The molecule has 1 aliphatic carbocycles. The Hall–Kier alpha value is -2.85. The first kappa shape index (κ1) is 23.3. The molecule has 33 heavy (non-hydrogen) atoms. The minimum absolute atomic E-state index is 0.168. The number of nitrogens with zero attached hydrogens (tertiary/aromatic N) is 4. The maximum Gasteiger partial charge on any atom is 0.341 e. The van der Waals surface area contributed by atoms with Crippen molar-refractivity contribution in [3.05, 3.63) is 40.3 Å². The molecule has 3 aromatic rings. The van der Waals surface area contributed by atoms with Gasteiger partial charge in [0.05, 0.1) is 18.4 Å². The normalized spacial score (nSPS) is 12.5. The van der Waals surface area contributed by atoms with Gasteiger partial charge in [-0.25, -0.2) is 4.79 Å². The molecule has 0 atom stereocenters. The average Bonchev–Trinajstić information content (AvgIpc) is 3.51. The van der Waals surface area contributed by atoms with Crippen molar-refractivity contribution in [2.45, 2.75) is 37.9 Å². The maximum atomic E-state index is 12.7. The van der Waals surface area contributed by atoms with E-state index in [0.29, 0.717) is 22.3 Å². The van der Waals surface area contributed by atoms with Crippen LogP contribution in [0.25, 0.3) is 11.4 Å². The maximum absolute atomic E-state index is 12.7. The van der Waals surface area contributed by atoms with Crippen molar-refractivity contribution >= 4 is 45.7 Å². The largest absolute Gasteiger partial charge is 0.465 e. The number of thioether (sulfide) groups is 1. The topological polar surface area (TPSA) is 89.3 Å². The first-order chi connectivity index (χ1) is 15.9. The molecule has 0 spiro atoms. The van der Waals surface area contributed by atoms with Crippen molar-refractivity contribution in [3.63, 3.8) is 0 Å². The highest BCUT2D eigenvalue weighted by Crippen LogP contribution is 2.39. The zero-order valence-corrected chi connectivity index (χ0v) is 20.8. The third-order valence-electron chi connectivity index (χ3n) is 5.57. The monoisotopic (exact) mass is 485 g/mol. The van der Waals surface area contributed by atoms with Crippen molar-refractivity contribution in [2.24, 2.45) is 0 Å². The SMILES string of the molecule is CCn1c(SCC(=O)Nc2sc3c(c2C(=O)OC)CCC3)nnc1-c1ccc(N(C)C)cc1. The Morgan fingerprint density at radius 3 is 2.64 bits per heavy atom. The number of rotatable bonds is 8. The minimum Gasteiger partial charge on any atom is -0.465 e. The molecule has 2 aromatic heterocycles. The van der Waals surface area contributed by atoms with Crippen LogP contribution in [0, 0.1) is 0 Å². The van der Waals surface area contributed by atoms with Gasteiger partial charge in [-0.1, -0.05) is 11.8 Å². The molecule has 0 aliphatic heterocycles. The highest BCUT2D eigenvalue weighted by molar-refractivity contribution is 7.99. The molecule has 8 nitrogen and oxygen atoms in total. The Kier molecular flexibility index (Phi) is 7.04. The number of aromatic nitrogens is 3. The minimum atomic E-state index is -0.395. The summed E-state index contributed by atoms with van der Waals surface area (Å²) < 4.78 is 6.96. The number of hydrogen-bond acceptors (Lipinski definition) is 8. The van der Waals surface area contributed by atoms with E-state index in [4.69, 9.17) is 4.74 Å². The molecule has 174 valence electrons. The van der Waals surface area contributed by atoms with Gasteiger partial charge in [-0.2, -0.15) is 0 Å². The van der Waals surface area contributed by atoms with Gasteiger partial charge in [0.2, 0.25) is 5.91 Å². The number of esters is 1. The van der Waals surface area contributed by atoms with E-state index in [1.165, 1.54) is 30.2 Å². The molecule has 1 amide bonds. The number of amides is 1. The molecule has 1 N–H and O–H groups in total. The second kappa shape index (κ2) is 9.96. The highest BCUT2D eigenvalue weighted by Gasteiger charge is 2.28. The number of carbonyl (C=O) groups is 2. The Morgan fingerprint density at radius 2 is 1.97 bits per heavy atom. The van der Waals surface area contributed by atoms with E-state index in [9.17, 15) is 9.59 Å². The molecule has 0 saturated heterocycles. The quantitative estimate of drug-likeness (QED) is 0.380. The lowest BCUT2D eigenvalue weighted by Crippen LogP contribution is -2.16. The fourth-order valence-electron chi connectivity index (χ4n) is 3.91. The van der Waals surface area contributed by atoms with Crippen LogP contribution < -0.4 is 10.2 Å². The lowest BCUT2D eigenvalue weighted by molar-refractivity contribution is -0.113. The van der Waals surface area contributed by atoms with Crippen LogP contribution in [0.4, 0.5) is 10.7 Å². The van der Waals surface area contributed by atoms with Gasteiger partial charge in [-0.3, -0.25) is 4.79 Å². The number of nitrogens with one attached hydrogen (secondary N) is 1. The van der Waals surface area contributed by atoms with Gasteiger partial charge < -0.3 is 19.5 Å². The fourth-order valence-corrected chi connectivity index (χ4v) is 6.00. The van der Waals surface area contributed by atoms with E-state index >= 15 is 0 Å². The molecular weight excluding hydrogens is 458 g/mol.